The summed E-state index contributed by atoms with van der Waals surface area (Å²) in [4.78, 5) is 1.49. The largest absolute Gasteiger partial charge is 0.507 e. The topological polar surface area (TPSA) is 40.5 Å². The van der Waals surface area contributed by atoms with E-state index in [0.29, 0.717) is 6.42 Å². The monoisotopic (exact) mass is 488 g/mol. The molecule has 184 valence electrons. The van der Waals surface area contributed by atoms with Gasteiger partial charge >= 0.3 is 0 Å². The van der Waals surface area contributed by atoms with E-state index in [1.54, 1.807) is 0 Å². The van der Waals surface area contributed by atoms with Crippen molar-refractivity contribution in [2.75, 3.05) is 6.61 Å². The van der Waals surface area contributed by atoms with Gasteiger partial charge in [0.1, 0.15) is 5.75 Å². The summed E-state index contributed by atoms with van der Waals surface area (Å²) in [6.45, 7) is 23.8. The summed E-state index contributed by atoms with van der Waals surface area (Å²) < 4.78 is 0. The van der Waals surface area contributed by atoms with E-state index in [1.807, 2.05) is 0 Å². The van der Waals surface area contributed by atoms with Crippen LogP contribution in [0.1, 0.15) is 105 Å². The lowest BCUT2D eigenvalue weighted by Gasteiger charge is -2.34. The van der Waals surface area contributed by atoms with Crippen LogP contribution in [0.15, 0.2) is 28.0 Å². The minimum atomic E-state index is -0.458. The molecule has 2 N–H and O–H groups in total. The summed E-state index contributed by atoms with van der Waals surface area (Å²) in [7, 11) is 0. The van der Waals surface area contributed by atoms with Crippen LogP contribution < -0.4 is 0 Å². The molecule has 33 heavy (non-hydrogen) atoms. The molecule has 2 aromatic carbocycles. The highest BCUT2D eigenvalue weighted by molar-refractivity contribution is 7.81. The predicted molar refractivity (Wildman–Crippen MR) is 149 cm³/mol. The lowest BCUT2D eigenvalue weighted by Crippen LogP contribution is -2.23. The van der Waals surface area contributed by atoms with Crippen molar-refractivity contribution in [3.63, 3.8) is 0 Å². The lowest BCUT2D eigenvalue weighted by molar-refractivity contribution is 0.248. The van der Waals surface area contributed by atoms with Gasteiger partial charge in [-0.05, 0) is 44.8 Å². The molecule has 0 radical (unpaired) electrons. The second-order valence-electron chi connectivity index (χ2n) is 13.1. The maximum Gasteiger partial charge on any atom is 0.125 e. The Bertz CT molecular complexity index is 998. The lowest BCUT2D eigenvalue weighted by atomic mass is 9.74. The summed E-state index contributed by atoms with van der Waals surface area (Å²) in [6.07, 6.45) is 0.526. The van der Waals surface area contributed by atoms with Crippen LogP contribution in [0, 0.1) is 0 Å². The zero-order chi connectivity index (χ0) is 25.7. The summed E-state index contributed by atoms with van der Waals surface area (Å²) >= 11 is 10.0. The molecule has 0 spiro atoms. The third-order valence-corrected chi connectivity index (χ3v) is 7.43. The van der Waals surface area contributed by atoms with Gasteiger partial charge in [-0.1, -0.05) is 94.4 Å². The van der Waals surface area contributed by atoms with E-state index in [0.717, 1.165) is 32.0 Å². The SMILES string of the molecule is CC(C)(C)c1cc(-c2c(S)c(C(C)(C)C)c(O)c(C(C)(C)CCO)c2S)cc(C(C)(C)C)c1. The smallest absolute Gasteiger partial charge is 0.125 e. The first-order valence-corrected chi connectivity index (χ1v) is 12.7. The zero-order valence-corrected chi connectivity index (χ0v) is 24.2. The fraction of sp³-hybridized carbons (Fsp3) is 0.586. The molecule has 4 heteroatoms. The van der Waals surface area contributed by atoms with Crippen LogP contribution >= 0.6 is 25.3 Å². The Labute approximate surface area is 213 Å². The molecule has 0 atom stereocenters. The number of rotatable bonds is 4. The Morgan fingerprint density at radius 2 is 1.09 bits per heavy atom. The van der Waals surface area contributed by atoms with Gasteiger partial charge in [0.15, 0.2) is 0 Å². The normalized spacial score (nSPS) is 13.5. The van der Waals surface area contributed by atoms with Crippen molar-refractivity contribution in [3.8, 4) is 16.9 Å². The van der Waals surface area contributed by atoms with Crippen LogP contribution in [0.4, 0.5) is 0 Å². The summed E-state index contributed by atoms with van der Waals surface area (Å²) in [5, 5.41) is 21.3. The number of thiol groups is 2. The van der Waals surface area contributed by atoms with Crippen molar-refractivity contribution in [2.45, 2.75) is 114 Å². The van der Waals surface area contributed by atoms with Crippen molar-refractivity contribution in [2.24, 2.45) is 0 Å². The quantitative estimate of drug-likeness (QED) is 0.328. The van der Waals surface area contributed by atoms with Gasteiger partial charge in [-0.25, -0.2) is 0 Å². The molecule has 2 aromatic rings. The Morgan fingerprint density at radius 3 is 1.45 bits per heavy atom. The minimum Gasteiger partial charge on any atom is -0.507 e. The summed E-state index contributed by atoms with van der Waals surface area (Å²) in [6, 6.07) is 6.80. The van der Waals surface area contributed by atoms with Crippen molar-refractivity contribution >= 4 is 25.3 Å². The van der Waals surface area contributed by atoms with E-state index >= 15 is 0 Å². The number of benzene rings is 2. The molecule has 2 rings (SSSR count). The first-order chi connectivity index (χ1) is 14.7. The standard InChI is InChI=1S/C29H44O2S2/c1-26(2,3)18-14-17(15-19(16-18)27(4,5)6)20-24(32)21(28(7,8)9)23(31)22(25(20)33)29(10,11)12-13-30/h14-16,30-33H,12-13H2,1-11H3. The van der Waals surface area contributed by atoms with E-state index in [1.165, 1.54) is 11.1 Å². The van der Waals surface area contributed by atoms with E-state index in [9.17, 15) is 10.2 Å². The molecule has 0 aliphatic rings. The predicted octanol–water partition coefficient (Wildman–Crippen LogP) is 8.19. The van der Waals surface area contributed by atoms with Crippen LogP contribution in [0.25, 0.3) is 11.1 Å². The number of hydrogen-bond donors (Lipinski definition) is 4. The highest BCUT2D eigenvalue weighted by Crippen LogP contribution is 2.52. The van der Waals surface area contributed by atoms with E-state index in [-0.39, 0.29) is 28.6 Å². The van der Waals surface area contributed by atoms with Crippen molar-refractivity contribution in [3.05, 3.63) is 40.5 Å². The second kappa shape index (κ2) is 9.17. The first kappa shape index (κ1) is 28.1. The average molecular weight is 489 g/mol. The Hall–Kier alpha value is -1.10. The first-order valence-electron chi connectivity index (χ1n) is 11.8. The molecule has 0 aliphatic carbocycles. The number of phenols is 1. The molecule has 0 aliphatic heterocycles. The molecule has 0 fully saturated rings. The van der Waals surface area contributed by atoms with Gasteiger partial charge in [-0.15, -0.1) is 25.3 Å². The minimum absolute atomic E-state index is 0.0215. The Balaban J connectivity index is 3.11. The van der Waals surface area contributed by atoms with Gasteiger partial charge in [0.25, 0.3) is 0 Å². The van der Waals surface area contributed by atoms with Gasteiger partial charge in [0, 0.05) is 33.1 Å². The molecular formula is C29H44O2S2. The number of aliphatic hydroxyl groups excluding tert-OH is 1. The van der Waals surface area contributed by atoms with Crippen LogP contribution in [0.5, 0.6) is 5.75 Å². The molecule has 0 unspecified atom stereocenters. The Kier molecular flexibility index (Phi) is 7.82. The van der Waals surface area contributed by atoms with Crippen molar-refractivity contribution in [1.29, 1.82) is 0 Å². The third-order valence-electron chi connectivity index (χ3n) is 6.54. The molecule has 0 heterocycles. The molecule has 0 amide bonds. The van der Waals surface area contributed by atoms with Crippen LogP contribution in [0.3, 0.4) is 0 Å². The fourth-order valence-corrected chi connectivity index (χ4v) is 5.80. The third kappa shape index (κ3) is 5.77. The molecule has 0 aromatic heterocycles. The highest BCUT2D eigenvalue weighted by atomic mass is 32.1. The van der Waals surface area contributed by atoms with Gasteiger partial charge in [0.05, 0.1) is 0 Å². The van der Waals surface area contributed by atoms with Crippen molar-refractivity contribution < 1.29 is 10.2 Å². The summed E-state index contributed by atoms with van der Waals surface area (Å²) in [5.74, 6) is 0.239. The second-order valence-corrected chi connectivity index (χ2v) is 14.0. The van der Waals surface area contributed by atoms with Crippen molar-refractivity contribution in [1.82, 2.24) is 0 Å². The maximum atomic E-state index is 11.5. The van der Waals surface area contributed by atoms with Crippen LogP contribution in [0.2, 0.25) is 0 Å². The number of phenolic OH excluding ortho intramolecular Hbond substituents is 1. The van der Waals surface area contributed by atoms with Crippen LogP contribution in [-0.2, 0) is 21.7 Å². The van der Waals surface area contributed by atoms with E-state index in [4.69, 9.17) is 25.3 Å². The number of aliphatic hydroxyl groups is 1. The summed E-state index contributed by atoms with van der Waals surface area (Å²) in [5.41, 5.74) is 5.29. The van der Waals surface area contributed by atoms with E-state index in [2.05, 4.69) is 94.4 Å². The number of hydrogen-bond acceptors (Lipinski definition) is 4. The maximum absolute atomic E-state index is 11.5. The molecule has 0 bridgehead atoms. The molecule has 0 saturated carbocycles. The molecular weight excluding hydrogens is 444 g/mol. The van der Waals surface area contributed by atoms with Gasteiger partial charge < -0.3 is 10.2 Å². The molecule has 0 saturated heterocycles. The fourth-order valence-electron chi connectivity index (χ4n) is 4.38. The van der Waals surface area contributed by atoms with Gasteiger partial charge in [-0.3, -0.25) is 0 Å². The zero-order valence-electron chi connectivity index (χ0n) is 22.4. The van der Waals surface area contributed by atoms with Gasteiger partial charge in [-0.2, -0.15) is 0 Å². The molecule has 2 nitrogen and oxygen atoms in total. The Morgan fingerprint density at radius 1 is 0.667 bits per heavy atom. The highest BCUT2D eigenvalue weighted by Gasteiger charge is 2.35. The van der Waals surface area contributed by atoms with E-state index < -0.39 is 5.41 Å². The number of aromatic hydroxyl groups is 1. The van der Waals surface area contributed by atoms with Gasteiger partial charge in [0.2, 0.25) is 0 Å². The average Bonchev–Trinajstić information content (AvgIpc) is 2.58. The van der Waals surface area contributed by atoms with Crippen LogP contribution in [-0.4, -0.2) is 16.8 Å².